The van der Waals surface area contributed by atoms with E-state index in [1.807, 2.05) is 0 Å². The summed E-state index contributed by atoms with van der Waals surface area (Å²) in [4.78, 5) is 0. The van der Waals surface area contributed by atoms with Gasteiger partial charge in [-0.3, -0.25) is 0 Å². The van der Waals surface area contributed by atoms with E-state index in [-0.39, 0.29) is 21.8 Å². The van der Waals surface area contributed by atoms with Crippen LogP contribution in [0.25, 0.3) is 0 Å². The number of hydrogen-bond donors (Lipinski definition) is 0. The fourth-order valence-electron chi connectivity index (χ4n) is 11.6. The van der Waals surface area contributed by atoms with Crippen LogP contribution in [0.4, 0.5) is 0 Å². The van der Waals surface area contributed by atoms with Gasteiger partial charge in [0, 0.05) is 18.3 Å². The summed E-state index contributed by atoms with van der Waals surface area (Å²) in [5.74, 6) is 0.502. The predicted octanol–water partition coefficient (Wildman–Crippen LogP) is 16.2. The summed E-state index contributed by atoms with van der Waals surface area (Å²) in [6.07, 6.45) is 25.2. The van der Waals surface area contributed by atoms with E-state index in [4.69, 9.17) is 0 Å². The monoisotopic (exact) mass is 731 g/mol. The highest BCUT2D eigenvalue weighted by Crippen LogP contribution is 2.66. The molecule has 1 heteroatoms. The molecule has 2 aromatic rings. The zero-order chi connectivity index (χ0) is 39.6. The molecule has 1 unspecified atom stereocenters. The van der Waals surface area contributed by atoms with Crippen LogP contribution >= 0.6 is 0 Å². The van der Waals surface area contributed by atoms with Crippen LogP contribution in [0.3, 0.4) is 0 Å². The molecule has 0 fully saturated rings. The van der Waals surface area contributed by atoms with Gasteiger partial charge in [-0.25, -0.2) is 0 Å². The first kappa shape index (κ1) is 47.6. The standard InChI is InChI=1S/C52H92N/c1-14-21-36-51(37-22-15-2,52(38-23-16-3,39-24-17-4)53(40-25-18-5,41-26-19-6)42-27-20-7)50(12,13)45(9)49(10,11)48-35-31-34-47(44(48)8)43-46-32-29-28-30-33-46/h28-35,45H,14-27,36-43H2,1-13H3/q+1. The van der Waals surface area contributed by atoms with E-state index in [2.05, 4.69) is 139 Å². The molecule has 1 atom stereocenters. The Morgan fingerprint density at radius 3 is 1.40 bits per heavy atom. The van der Waals surface area contributed by atoms with E-state index in [0.29, 0.717) is 5.92 Å². The van der Waals surface area contributed by atoms with Gasteiger partial charge in [0.2, 0.25) is 0 Å². The minimum absolute atomic E-state index is 0.0249. The van der Waals surface area contributed by atoms with E-state index in [0.717, 1.165) is 6.42 Å². The van der Waals surface area contributed by atoms with Crippen molar-refractivity contribution in [3.05, 3.63) is 70.8 Å². The molecule has 0 bridgehead atoms. The Balaban J connectivity index is 3.10. The van der Waals surface area contributed by atoms with Gasteiger partial charge in [-0.2, -0.15) is 0 Å². The second kappa shape index (κ2) is 22.8. The molecule has 0 amide bonds. The first-order chi connectivity index (χ1) is 25.3. The lowest BCUT2D eigenvalue weighted by Gasteiger charge is -2.69. The maximum absolute atomic E-state index is 2.81. The van der Waals surface area contributed by atoms with Crippen molar-refractivity contribution in [1.29, 1.82) is 0 Å². The molecule has 0 N–H and O–H groups in total. The van der Waals surface area contributed by atoms with Gasteiger partial charge in [0.1, 0.15) is 5.54 Å². The molecule has 1 nitrogen and oxygen atoms in total. The first-order valence-electron chi connectivity index (χ1n) is 23.3. The number of benzene rings is 2. The van der Waals surface area contributed by atoms with Gasteiger partial charge in [0.15, 0.2) is 0 Å². The molecule has 2 rings (SSSR count). The fourth-order valence-corrected chi connectivity index (χ4v) is 11.6. The third kappa shape index (κ3) is 10.8. The highest BCUT2D eigenvalue weighted by molar-refractivity contribution is 5.42. The molecule has 0 radical (unpaired) electrons. The Labute approximate surface area is 333 Å². The van der Waals surface area contributed by atoms with Crippen LogP contribution in [0.2, 0.25) is 0 Å². The normalized spacial score (nSPS) is 13.8. The van der Waals surface area contributed by atoms with Gasteiger partial charge in [-0.15, -0.1) is 0 Å². The quantitative estimate of drug-likeness (QED) is 0.0731. The van der Waals surface area contributed by atoms with Crippen molar-refractivity contribution in [3.8, 4) is 0 Å². The second-order valence-corrected chi connectivity index (χ2v) is 18.8. The maximum Gasteiger partial charge on any atom is 0.105 e. The number of nitrogens with zero attached hydrogens (tertiary/aromatic N) is 1. The van der Waals surface area contributed by atoms with Gasteiger partial charge >= 0.3 is 0 Å². The van der Waals surface area contributed by atoms with Gasteiger partial charge in [0.25, 0.3) is 0 Å². The van der Waals surface area contributed by atoms with Crippen molar-refractivity contribution in [2.45, 2.75) is 223 Å². The predicted molar refractivity (Wildman–Crippen MR) is 239 cm³/mol. The van der Waals surface area contributed by atoms with Gasteiger partial charge < -0.3 is 4.48 Å². The zero-order valence-corrected chi connectivity index (χ0v) is 38.2. The van der Waals surface area contributed by atoms with Gasteiger partial charge in [-0.05, 0) is 97.3 Å². The van der Waals surface area contributed by atoms with Crippen molar-refractivity contribution in [2.24, 2.45) is 16.7 Å². The Hall–Kier alpha value is -1.60. The van der Waals surface area contributed by atoms with E-state index in [1.165, 1.54) is 156 Å². The van der Waals surface area contributed by atoms with Gasteiger partial charge in [0.05, 0.1) is 19.6 Å². The molecule has 0 saturated carbocycles. The maximum atomic E-state index is 2.81. The molecule has 0 aliphatic rings. The lowest BCUT2D eigenvalue weighted by Crippen LogP contribution is -2.75. The number of hydrogen-bond acceptors (Lipinski definition) is 0. The summed E-state index contributed by atoms with van der Waals surface area (Å²) in [7, 11) is 0. The number of quaternary nitrogens is 1. The van der Waals surface area contributed by atoms with Crippen LogP contribution < -0.4 is 0 Å². The molecule has 2 aromatic carbocycles. The van der Waals surface area contributed by atoms with Crippen LogP contribution in [-0.2, 0) is 11.8 Å². The van der Waals surface area contributed by atoms with Crippen molar-refractivity contribution in [3.63, 3.8) is 0 Å². The average molecular weight is 731 g/mol. The first-order valence-corrected chi connectivity index (χ1v) is 23.3. The summed E-state index contributed by atoms with van der Waals surface area (Å²) in [5.41, 5.74) is 6.63. The highest BCUT2D eigenvalue weighted by Gasteiger charge is 2.68. The summed E-state index contributed by atoms with van der Waals surface area (Å²) in [6, 6.07) is 18.4. The summed E-state index contributed by atoms with van der Waals surface area (Å²) < 4.78 is 1.39. The number of rotatable bonds is 29. The Morgan fingerprint density at radius 1 is 0.528 bits per heavy atom. The molecular weight excluding hydrogens is 639 g/mol. The molecule has 0 aromatic heterocycles. The minimum atomic E-state index is 0.0249. The molecule has 0 heterocycles. The van der Waals surface area contributed by atoms with Crippen molar-refractivity contribution >= 4 is 0 Å². The molecule has 304 valence electrons. The van der Waals surface area contributed by atoms with Crippen LogP contribution in [0.15, 0.2) is 48.5 Å². The summed E-state index contributed by atoms with van der Waals surface area (Å²) in [6.45, 7) is 37.4. The summed E-state index contributed by atoms with van der Waals surface area (Å²) in [5, 5.41) is 0. The van der Waals surface area contributed by atoms with E-state index >= 15 is 0 Å². The van der Waals surface area contributed by atoms with Crippen LogP contribution in [0, 0.1) is 23.7 Å². The third-order valence-electron chi connectivity index (χ3n) is 15.2. The Morgan fingerprint density at radius 2 is 0.962 bits per heavy atom. The lowest BCUT2D eigenvalue weighted by atomic mass is 9.42. The minimum Gasteiger partial charge on any atom is -0.318 e. The Bertz CT molecular complexity index is 1210. The van der Waals surface area contributed by atoms with Crippen LogP contribution in [-0.4, -0.2) is 29.7 Å². The molecule has 0 aliphatic carbocycles. The summed E-state index contributed by atoms with van der Waals surface area (Å²) >= 11 is 0. The third-order valence-corrected chi connectivity index (χ3v) is 15.2. The molecule has 53 heavy (non-hydrogen) atoms. The van der Waals surface area contributed by atoms with E-state index < -0.39 is 0 Å². The Kier molecular flexibility index (Phi) is 20.5. The fraction of sp³-hybridized carbons (Fsp3) is 0.769. The zero-order valence-electron chi connectivity index (χ0n) is 38.2. The van der Waals surface area contributed by atoms with Crippen LogP contribution in [0.5, 0.6) is 0 Å². The topological polar surface area (TPSA) is 0 Å². The molecule has 0 saturated heterocycles. The highest BCUT2D eigenvalue weighted by atomic mass is 15.4. The van der Waals surface area contributed by atoms with Crippen molar-refractivity contribution in [2.75, 3.05) is 19.6 Å². The molecule has 0 aliphatic heterocycles. The van der Waals surface area contributed by atoms with E-state index in [1.54, 1.807) is 5.56 Å². The average Bonchev–Trinajstić information content (AvgIpc) is 3.16. The SMILES string of the molecule is CCCCC(CCCC)(C(C)(C)C(C)C(C)(C)c1cccc(Cc2ccccc2)c1C)C(CCCC)(CCCC)[N+](CCCC)(CCCC)CCCC. The van der Waals surface area contributed by atoms with Gasteiger partial charge in [-0.1, -0.05) is 189 Å². The van der Waals surface area contributed by atoms with Crippen molar-refractivity contribution in [1.82, 2.24) is 0 Å². The molecule has 0 spiro atoms. The van der Waals surface area contributed by atoms with E-state index in [9.17, 15) is 0 Å². The van der Waals surface area contributed by atoms with Crippen molar-refractivity contribution < 1.29 is 4.48 Å². The largest absolute Gasteiger partial charge is 0.318 e. The number of unbranched alkanes of at least 4 members (excludes halogenated alkanes) is 7. The smallest absolute Gasteiger partial charge is 0.105 e. The second-order valence-electron chi connectivity index (χ2n) is 18.8. The van der Waals surface area contributed by atoms with Crippen LogP contribution in [0.1, 0.15) is 221 Å². The molecular formula is C52H92N+. The lowest BCUT2D eigenvalue weighted by molar-refractivity contribution is -0.988.